The average molecular weight is 359 g/mol. The third kappa shape index (κ3) is 2.61. The zero-order valence-corrected chi connectivity index (χ0v) is 15.3. The Morgan fingerprint density at radius 2 is 2.07 bits per heavy atom. The average Bonchev–Trinajstić information content (AvgIpc) is 2.96. The molecule has 1 aromatic heterocycles. The molecule has 7 nitrogen and oxygen atoms in total. The first-order valence-corrected chi connectivity index (χ1v) is 9.31. The standard InChI is InChI=1S/C20H21N7/c1-25-7-4-8-26(10-9-25)20-22-13-15-11-14(12-21)18-23-16-5-2-3-6-17(16)27(18)19(15)24-20/h2-3,5-6,11,13,18,23H,4,7-10H2,1H3. The molecule has 5 rings (SSSR count). The number of para-hydroxylation sites is 2. The van der Waals surface area contributed by atoms with Crippen molar-refractivity contribution in [2.75, 3.05) is 48.3 Å². The van der Waals surface area contributed by atoms with Crippen LogP contribution in [0.4, 0.5) is 23.1 Å². The van der Waals surface area contributed by atoms with Gasteiger partial charge in [0.15, 0.2) is 0 Å². The topological polar surface area (TPSA) is 71.3 Å². The van der Waals surface area contributed by atoms with E-state index in [1.165, 1.54) is 0 Å². The highest BCUT2D eigenvalue weighted by atomic mass is 15.4. The van der Waals surface area contributed by atoms with E-state index in [9.17, 15) is 5.26 Å². The Hall–Kier alpha value is -3.11. The van der Waals surface area contributed by atoms with Gasteiger partial charge in [-0.3, -0.25) is 4.90 Å². The first-order chi connectivity index (χ1) is 13.2. The summed E-state index contributed by atoms with van der Waals surface area (Å²) < 4.78 is 0. The number of benzene rings is 1. The van der Waals surface area contributed by atoms with Crippen molar-refractivity contribution >= 4 is 29.2 Å². The van der Waals surface area contributed by atoms with Gasteiger partial charge in [-0.25, -0.2) is 4.98 Å². The van der Waals surface area contributed by atoms with Crippen molar-refractivity contribution in [2.45, 2.75) is 12.6 Å². The van der Waals surface area contributed by atoms with Crippen LogP contribution in [-0.4, -0.2) is 54.3 Å². The van der Waals surface area contributed by atoms with Crippen LogP contribution in [0, 0.1) is 11.3 Å². The van der Waals surface area contributed by atoms with Crippen LogP contribution in [0.25, 0.3) is 6.08 Å². The molecular formula is C20H21N7. The van der Waals surface area contributed by atoms with Gasteiger partial charge in [-0.15, -0.1) is 0 Å². The largest absolute Gasteiger partial charge is 0.359 e. The van der Waals surface area contributed by atoms with Crippen molar-refractivity contribution in [1.29, 1.82) is 5.26 Å². The van der Waals surface area contributed by atoms with Crippen molar-refractivity contribution in [1.82, 2.24) is 14.9 Å². The van der Waals surface area contributed by atoms with Crippen molar-refractivity contribution in [2.24, 2.45) is 0 Å². The van der Waals surface area contributed by atoms with E-state index < -0.39 is 0 Å². The summed E-state index contributed by atoms with van der Waals surface area (Å²) in [4.78, 5) is 16.3. The minimum atomic E-state index is -0.210. The maximum atomic E-state index is 9.62. The lowest BCUT2D eigenvalue weighted by molar-refractivity contribution is 0.360. The lowest BCUT2D eigenvalue weighted by Gasteiger charge is -2.31. The van der Waals surface area contributed by atoms with Gasteiger partial charge in [0.05, 0.1) is 23.0 Å². The normalized spacial score (nSPS) is 21.3. The quantitative estimate of drug-likeness (QED) is 0.838. The number of hydrogen-bond acceptors (Lipinski definition) is 7. The second-order valence-corrected chi connectivity index (χ2v) is 7.24. The smallest absolute Gasteiger partial charge is 0.227 e. The van der Waals surface area contributed by atoms with Gasteiger partial charge in [-0.1, -0.05) is 12.1 Å². The van der Waals surface area contributed by atoms with Gasteiger partial charge in [0.25, 0.3) is 0 Å². The summed E-state index contributed by atoms with van der Waals surface area (Å²) in [5.74, 6) is 1.63. The molecule has 3 aliphatic rings. The number of likely N-dealkylation sites (N-methyl/N-ethyl adjacent to an activating group) is 1. The van der Waals surface area contributed by atoms with E-state index in [4.69, 9.17) is 4.98 Å². The molecule has 1 unspecified atom stereocenters. The molecule has 0 bridgehead atoms. The summed E-state index contributed by atoms with van der Waals surface area (Å²) in [6.07, 6.45) is 4.64. The van der Waals surface area contributed by atoms with Gasteiger partial charge in [0.2, 0.25) is 5.95 Å². The summed E-state index contributed by atoms with van der Waals surface area (Å²) in [6, 6.07) is 10.4. The molecule has 136 valence electrons. The Morgan fingerprint density at radius 3 is 2.96 bits per heavy atom. The number of nitrogens with zero attached hydrogens (tertiary/aromatic N) is 6. The number of anilines is 4. The number of hydrogen-bond donors (Lipinski definition) is 1. The summed E-state index contributed by atoms with van der Waals surface area (Å²) in [6.45, 7) is 3.99. The monoisotopic (exact) mass is 359 g/mol. The van der Waals surface area contributed by atoms with Crippen molar-refractivity contribution < 1.29 is 0 Å². The minimum absolute atomic E-state index is 0.210. The number of aromatic nitrogens is 2. The molecule has 2 aromatic rings. The highest BCUT2D eigenvalue weighted by molar-refractivity contribution is 5.90. The molecule has 1 N–H and O–H groups in total. The third-order valence-corrected chi connectivity index (χ3v) is 5.46. The van der Waals surface area contributed by atoms with Crippen LogP contribution in [0.15, 0.2) is 36.0 Å². The van der Waals surface area contributed by atoms with E-state index in [1.807, 2.05) is 30.5 Å². The van der Waals surface area contributed by atoms with Gasteiger partial charge in [0, 0.05) is 31.4 Å². The van der Waals surface area contributed by atoms with Crippen LogP contribution < -0.4 is 15.1 Å². The van der Waals surface area contributed by atoms with Crippen LogP contribution in [0.3, 0.4) is 0 Å². The zero-order chi connectivity index (χ0) is 18.4. The van der Waals surface area contributed by atoms with E-state index in [2.05, 4.69) is 44.2 Å². The molecule has 1 aromatic carbocycles. The van der Waals surface area contributed by atoms with Gasteiger partial charge >= 0.3 is 0 Å². The molecule has 1 saturated heterocycles. The SMILES string of the molecule is CN1CCCN(c2ncc3c(n2)N2c4ccccc4NC2C(C#N)=C3)CC1. The second kappa shape index (κ2) is 6.25. The summed E-state index contributed by atoms with van der Waals surface area (Å²) >= 11 is 0. The second-order valence-electron chi connectivity index (χ2n) is 7.24. The fourth-order valence-electron chi connectivity index (χ4n) is 4.02. The molecule has 7 heteroatoms. The van der Waals surface area contributed by atoms with Gasteiger partial charge < -0.3 is 15.1 Å². The fourth-order valence-corrected chi connectivity index (χ4v) is 4.02. The third-order valence-electron chi connectivity index (χ3n) is 5.46. The van der Waals surface area contributed by atoms with Crippen molar-refractivity contribution in [3.63, 3.8) is 0 Å². The van der Waals surface area contributed by atoms with Crippen LogP contribution in [0.5, 0.6) is 0 Å². The first kappa shape index (κ1) is 16.1. The maximum absolute atomic E-state index is 9.62. The van der Waals surface area contributed by atoms with E-state index in [0.717, 1.165) is 61.3 Å². The Bertz CT molecular complexity index is 961. The molecule has 1 fully saturated rings. The van der Waals surface area contributed by atoms with E-state index >= 15 is 0 Å². The summed E-state index contributed by atoms with van der Waals surface area (Å²) in [5.41, 5.74) is 3.63. The van der Waals surface area contributed by atoms with Crippen LogP contribution in [0.2, 0.25) is 0 Å². The fraction of sp³-hybridized carbons (Fsp3) is 0.350. The maximum Gasteiger partial charge on any atom is 0.227 e. The molecular weight excluding hydrogens is 338 g/mol. The van der Waals surface area contributed by atoms with E-state index in [0.29, 0.717) is 5.57 Å². The molecule has 4 heterocycles. The predicted octanol–water partition coefficient (Wildman–Crippen LogP) is 2.43. The van der Waals surface area contributed by atoms with Crippen molar-refractivity contribution in [3.05, 3.63) is 41.6 Å². The lowest BCUT2D eigenvalue weighted by Crippen LogP contribution is -2.37. The van der Waals surface area contributed by atoms with Crippen LogP contribution in [-0.2, 0) is 0 Å². The molecule has 0 radical (unpaired) electrons. The summed E-state index contributed by atoms with van der Waals surface area (Å²) in [7, 11) is 2.16. The molecule has 0 saturated carbocycles. The van der Waals surface area contributed by atoms with Crippen LogP contribution >= 0.6 is 0 Å². The molecule has 27 heavy (non-hydrogen) atoms. The Kier molecular flexibility index (Phi) is 3.73. The predicted molar refractivity (Wildman–Crippen MR) is 106 cm³/mol. The van der Waals surface area contributed by atoms with E-state index in [1.54, 1.807) is 0 Å². The van der Waals surface area contributed by atoms with Gasteiger partial charge in [-0.2, -0.15) is 10.2 Å². The van der Waals surface area contributed by atoms with E-state index in [-0.39, 0.29) is 6.17 Å². The van der Waals surface area contributed by atoms with Crippen molar-refractivity contribution in [3.8, 4) is 6.07 Å². The number of nitriles is 1. The number of rotatable bonds is 1. The Balaban J connectivity index is 1.58. The van der Waals surface area contributed by atoms with Crippen LogP contribution in [0.1, 0.15) is 12.0 Å². The minimum Gasteiger partial charge on any atom is -0.359 e. The first-order valence-electron chi connectivity index (χ1n) is 9.31. The lowest BCUT2D eigenvalue weighted by atomic mass is 10.1. The highest BCUT2D eigenvalue weighted by Gasteiger charge is 2.37. The zero-order valence-electron chi connectivity index (χ0n) is 15.3. The Labute approximate surface area is 158 Å². The number of nitrogens with one attached hydrogen (secondary N) is 1. The molecule has 0 amide bonds. The highest BCUT2D eigenvalue weighted by Crippen LogP contribution is 2.45. The summed E-state index contributed by atoms with van der Waals surface area (Å²) in [5, 5.41) is 13.1. The van der Waals surface area contributed by atoms with Gasteiger partial charge in [-0.05, 0) is 38.2 Å². The molecule has 0 spiro atoms. The number of fused-ring (bicyclic) bond motifs is 5. The molecule has 1 atom stereocenters. The molecule has 3 aliphatic heterocycles. The molecule has 0 aliphatic carbocycles. The van der Waals surface area contributed by atoms with Gasteiger partial charge in [0.1, 0.15) is 12.0 Å². The Morgan fingerprint density at radius 1 is 1.19 bits per heavy atom.